The van der Waals surface area contributed by atoms with Crippen LogP contribution >= 0.6 is 0 Å². The molecule has 1 amide bonds. The smallest absolute Gasteiger partial charge is 0.255 e. The molecular formula is C22H23N3O3. The van der Waals surface area contributed by atoms with E-state index in [4.69, 9.17) is 4.74 Å². The molecule has 2 heterocycles. The Morgan fingerprint density at radius 3 is 2.79 bits per heavy atom. The summed E-state index contributed by atoms with van der Waals surface area (Å²) in [5.74, 6) is 0.615. The van der Waals surface area contributed by atoms with E-state index in [1.54, 1.807) is 37.7 Å². The summed E-state index contributed by atoms with van der Waals surface area (Å²) in [4.78, 5) is 34.7. The van der Waals surface area contributed by atoms with E-state index in [2.05, 4.69) is 9.97 Å². The van der Waals surface area contributed by atoms with Gasteiger partial charge in [0.2, 0.25) is 0 Å². The normalized spacial score (nSPS) is 14.3. The average Bonchev–Trinajstić information content (AvgIpc) is 3.26. The minimum atomic E-state index is -0.178. The third-order valence-corrected chi connectivity index (χ3v) is 5.41. The molecule has 28 heavy (non-hydrogen) atoms. The van der Waals surface area contributed by atoms with Crippen LogP contribution in [0.1, 0.15) is 41.6 Å². The average molecular weight is 377 g/mol. The first kappa shape index (κ1) is 18.2. The lowest BCUT2D eigenvalue weighted by atomic mass is 10.1. The zero-order valence-electron chi connectivity index (χ0n) is 15.9. The molecule has 3 aromatic rings. The number of hydrogen-bond donors (Lipinski definition) is 1. The minimum Gasteiger partial charge on any atom is -0.497 e. The van der Waals surface area contributed by atoms with Gasteiger partial charge in [-0.25, -0.2) is 0 Å². The minimum absolute atomic E-state index is 0.0748. The highest BCUT2D eigenvalue weighted by Crippen LogP contribution is 2.27. The maximum Gasteiger partial charge on any atom is 0.255 e. The van der Waals surface area contributed by atoms with E-state index >= 15 is 0 Å². The number of ether oxygens (including phenoxy) is 1. The van der Waals surface area contributed by atoms with E-state index in [0.717, 1.165) is 36.6 Å². The van der Waals surface area contributed by atoms with Crippen LogP contribution in [0.15, 0.2) is 53.6 Å². The monoisotopic (exact) mass is 377 g/mol. The first-order valence-electron chi connectivity index (χ1n) is 9.56. The van der Waals surface area contributed by atoms with Gasteiger partial charge in [0.25, 0.3) is 11.5 Å². The Balaban J connectivity index is 1.69. The predicted molar refractivity (Wildman–Crippen MR) is 107 cm³/mol. The second-order valence-electron chi connectivity index (χ2n) is 7.19. The van der Waals surface area contributed by atoms with Gasteiger partial charge in [-0.1, -0.05) is 12.8 Å². The van der Waals surface area contributed by atoms with E-state index in [9.17, 15) is 9.59 Å². The van der Waals surface area contributed by atoms with Gasteiger partial charge < -0.3 is 14.6 Å². The number of fused-ring (bicyclic) bond motifs is 1. The lowest BCUT2D eigenvalue weighted by Crippen LogP contribution is -2.39. The number of nitrogens with zero attached hydrogens (tertiary/aromatic N) is 2. The van der Waals surface area contributed by atoms with Crippen LogP contribution < -0.4 is 10.3 Å². The van der Waals surface area contributed by atoms with Gasteiger partial charge in [0, 0.05) is 30.1 Å². The van der Waals surface area contributed by atoms with Crippen molar-refractivity contribution < 1.29 is 9.53 Å². The number of nitrogens with one attached hydrogen (secondary N) is 1. The maximum atomic E-state index is 13.2. The molecule has 6 heteroatoms. The number of amides is 1. The molecule has 1 N–H and O–H groups in total. The Kier molecular flexibility index (Phi) is 5.10. The first-order chi connectivity index (χ1) is 13.7. The van der Waals surface area contributed by atoms with Gasteiger partial charge >= 0.3 is 0 Å². The van der Waals surface area contributed by atoms with E-state index in [1.165, 1.54) is 0 Å². The van der Waals surface area contributed by atoms with E-state index in [-0.39, 0.29) is 24.1 Å². The van der Waals surface area contributed by atoms with Crippen LogP contribution in [0, 0.1) is 0 Å². The second kappa shape index (κ2) is 7.84. The molecule has 1 fully saturated rings. The highest BCUT2D eigenvalue weighted by Gasteiger charge is 2.28. The molecule has 2 aromatic heterocycles. The molecule has 0 spiro atoms. The van der Waals surface area contributed by atoms with Gasteiger partial charge in [0.15, 0.2) is 0 Å². The van der Waals surface area contributed by atoms with Crippen molar-refractivity contribution in [3.05, 3.63) is 70.3 Å². The Labute approximate surface area is 163 Å². The molecule has 0 radical (unpaired) electrons. The molecule has 1 aliphatic carbocycles. The van der Waals surface area contributed by atoms with E-state index in [0.29, 0.717) is 16.9 Å². The van der Waals surface area contributed by atoms with Crippen molar-refractivity contribution in [1.29, 1.82) is 0 Å². The number of aromatic nitrogens is 2. The molecule has 0 unspecified atom stereocenters. The molecular weight excluding hydrogens is 354 g/mol. The Morgan fingerprint density at radius 2 is 2.07 bits per heavy atom. The Morgan fingerprint density at radius 1 is 1.25 bits per heavy atom. The van der Waals surface area contributed by atoms with Crippen LogP contribution in [0.3, 0.4) is 0 Å². The maximum absolute atomic E-state index is 13.2. The van der Waals surface area contributed by atoms with Crippen LogP contribution in [0.2, 0.25) is 0 Å². The summed E-state index contributed by atoms with van der Waals surface area (Å²) >= 11 is 0. The molecule has 0 aliphatic heterocycles. The van der Waals surface area contributed by atoms with Gasteiger partial charge in [-0.05, 0) is 48.6 Å². The van der Waals surface area contributed by atoms with Crippen molar-refractivity contribution in [3.8, 4) is 5.75 Å². The molecule has 1 aliphatic rings. The fourth-order valence-corrected chi connectivity index (χ4v) is 3.89. The summed E-state index contributed by atoms with van der Waals surface area (Å²) in [6.45, 7) is 0.287. The molecule has 1 saturated carbocycles. The summed E-state index contributed by atoms with van der Waals surface area (Å²) in [5, 5.41) is 0.913. The molecule has 0 atom stereocenters. The number of methoxy groups -OCH3 is 1. The largest absolute Gasteiger partial charge is 0.497 e. The SMILES string of the molecule is COc1ccc2cc(CN(C(=O)c3cccnc3)C3CCCC3)c(=O)[nH]c2c1. The first-order valence-corrected chi connectivity index (χ1v) is 9.56. The second-order valence-corrected chi connectivity index (χ2v) is 7.19. The molecule has 0 bridgehead atoms. The predicted octanol–water partition coefficient (Wildman–Crippen LogP) is 3.52. The zero-order valence-corrected chi connectivity index (χ0v) is 15.9. The number of benzene rings is 1. The van der Waals surface area contributed by atoms with Crippen molar-refractivity contribution in [2.45, 2.75) is 38.3 Å². The Bertz CT molecular complexity index is 1040. The number of rotatable bonds is 5. The van der Waals surface area contributed by atoms with Crippen molar-refractivity contribution in [1.82, 2.24) is 14.9 Å². The number of pyridine rings is 2. The van der Waals surface area contributed by atoms with Crippen LogP contribution in [-0.4, -0.2) is 33.9 Å². The summed E-state index contributed by atoms with van der Waals surface area (Å²) < 4.78 is 5.22. The van der Waals surface area contributed by atoms with Gasteiger partial charge in [-0.2, -0.15) is 0 Å². The van der Waals surface area contributed by atoms with Crippen LogP contribution in [-0.2, 0) is 6.54 Å². The van der Waals surface area contributed by atoms with E-state index in [1.807, 2.05) is 23.1 Å². The number of carbonyl (C=O) groups is 1. The van der Waals surface area contributed by atoms with Crippen LogP contribution in [0.25, 0.3) is 10.9 Å². The van der Waals surface area contributed by atoms with Crippen molar-refractivity contribution in [2.75, 3.05) is 7.11 Å². The Hall–Kier alpha value is -3.15. The topological polar surface area (TPSA) is 75.3 Å². The highest BCUT2D eigenvalue weighted by molar-refractivity contribution is 5.94. The zero-order chi connectivity index (χ0) is 19.5. The van der Waals surface area contributed by atoms with E-state index < -0.39 is 0 Å². The molecule has 0 saturated heterocycles. The lowest BCUT2D eigenvalue weighted by Gasteiger charge is -2.29. The molecule has 6 nitrogen and oxygen atoms in total. The molecule has 4 rings (SSSR count). The van der Waals surface area contributed by atoms with Crippen molar-refractivity contribution in [2.24, 2.45) is 0 Å². The summed E-state index contributed by atoms with van der Waals surface area (Å²) in [5.41, 5.74) is 1.68. The number of H-pyrrole nitrogens is 1. The third kappa shape index (κ3) is 3.63. The highest BCUT2D eigenvalue weighted by atomic mass is 16.5. The van der Waals surface area contributed by atoms with Crippen LogP contribution in [0.4, 0.5) is 0 Å². The molecule has 1 aromatic carbocycles. The quantitative estimate of drug-likeness (QED) is 0.738. The summed E-state index contributed by atoms with van der Waals surface area (Å²) in [6, 6.07) is 11.1. The number of hydrogen-bond acceptors (Lipinski definition) is 4. The fraction of sp³-hybridized carbons (Fsp3) is 0.318. The number of aromatic amines is 1. The van der Waals surface area contributed by atoms with Crippen molar-refractivity contribution >= 4 is 16.8 Å². The summed E-state index contributed by atoms with van der Waals surface area (Å²) in [6.07, 6.45) is 7.38. The summed E-state index contributed by atoms with van der Waals surface area (Å²) in [7, 11) is 1.59. The molecule has 144 valence electrons. The standard InChI is InChI=1S/C22H23N3O3/c1-28-19-9-8-15-11-17(21(26)24-20(15)12-19)14-25(18-6-2-3-7-18)22(27)16-5-4-10-23-13-16/h4-5,8-13,18H,2-3,6-7,14H2,1H3,(H,24,26). The van der Waals surface area contributed by atoms with Crippen LogP contribution in [0.5, 0.6) is 5.75 Å². The third-order valence-electron chi connectivity index (χ3n) is 5.41. The fourth-order valence-electron chi connectivity index (χ4n) is 3.89. The number of carbonyl (C=O) groups excluding carboxylic acids is 1. The van der Waals surface area contributed by atoms with Gasteiger partial charge in [-0.3, -0.25) is 14.6 Å². The lowest BCUT2D eigenvalue weighted by molar-refractivity contribution is 0.0663. The van der Waals surface area contributed by atoms with Gasteiger partial charge in [-0.15, -0.1) is 0 Å². The van der Waals surface area contributed by atoms with Crippen molar-refractivity contribution in [3.63, 3.8) is 0 Å². The van der Waals surface area contributed by atoms with Gasteiger partial charge in [0.05, 0.1) is 24.7 Å². The van der Waals surface area contributed by atoms with Gasteiger partial charge in [0.1, 0.15) is 5.75 Å².